The molecule has 2 aromatic heterocycles. The fourth-order valence-electron chi connectivity index (χ4n) is 4.51. The third-order valence-electron chi connectivity index (χ3n) is 6.35. The molecule has 5 nitrogen and oxygen atoms in total. The van der Waals surface area contributed by atoms with Gasteiger partial charge < -0.3 is 10.3 Å². The van der Waals surface area contributed by atoms with E-state index >= 15 is 0 Å². The third-order valence-corrected chi connectivity index (χ3v) is 6.68. The number of nitrogens with one attached hydrogen (secondary N) is 2. The van der Waals surface area contributed by atoms with E-state index in [0.717, 1.165) is 50.9 Å². The standard InChI is InChI=1S/C29H19ClF3N5/c1-16-12-18(17-6-8-19(9-7-17)29(31,32)33)13-25-26(16)28(35-15-34-25)36-20-10-11-22(30)21(14-20)27-37-23-4-2-3-5-24(23)38-27/h2-15H,1H3,(H,37,38)(H,34,35,36). The lowest BCUT2D eigenvalue weighted by molar-refractivity contribution is -0.137. The minimum atomic E-state index is -4.38. The monoisotopic (exact) mass is 529 g/mol. The Labute approximate surface area is 220 Å². The van der Waals surface area contributed by atoms with Crippen LogP contribution < -0.4 is 5.32 Å². The highest BCUT2D eigenvalue weighted by molar-refractivity contribution is 6.33. The number of rotatable bonds is 4. The van der Waals surface area contributed by atoms with Crippen molar-refractivity contribution in [3.63, 3.8) is 0 Å². The van der Waals surface area contributed by atoms with Crippen molar-refractivity contribution in [2.24, 2.45) is 0 Å². The zero-order valence-electron chi connectivity index (χ0n) is 19.9. The molecule has 9 heteroatoms. The molecule has 4 aromatic carbocycles. The Kier molecular flexibility index (Phi) is 5.76. The number of halogens is 4. The number of aromatic nitrogens is 4. The van der Waals surface area contributed by atoms with Gasteiger partial charge >= 0.3 is 6.18 Å². The number of hydrogen-bond donors (Lipinski definition) is 2. The first-order chi connectivity index (χ1) is 18.3. The minimum Gasteiger partial charge on any atom is -0.340 e. The van der Waals surface area contributed by atoms with Crippen LogP contribution >= 0.6 is 11.6 Å². The topological polar surface area (TPSA) is 66.5 Å². The molecule has 0 saturated carbocycles. The maximum atomic E-state index is 13.0. The lowest BCUT2D eigenvalue weighted by Crippen LogP contribution is -2.04. The maximum Gasteiger partial charge on any atom is 0.416 e. The molecule has 0 saturated heterocycles. The van der Waals surface area contributed by atoms with Gasteiger partial charge in [0, 0.05) is 16.6 Å². The van der Waals surface area contributed by atoms with Crippen molar-refractivity contribution in [2.45, 2.75) is 13.1 Å². The number of alkyl halides is 3. The number of aromatic amines is 1. The molecule has 38 heavy (non-hydrogen) atoms. The Morgan fingerprint density at radius 2 is 1.63 bits per heavy atom. The van der Waals surface area contributed by atoms with E-state index in [9.17, 15) is 13.2 Å². The first-order valence-corrected chi connectivity index (χ1v) is 12.1. The fourth-order valence-corrected chi connectivity index (χ4v) is 4.71. The number of imidazole rings is 1. The SMILES string of the molecule is Cc1cc(-c2ccc(C(F)(F)F)cc2)cc2ncnc(Nc3ccc(Cl)c(-c4nc5ccccc5[nH]4)c3)c12. The number of anilines is 2. The van der Waals surface area contributed by atoms with Crippen LogP contribution in [-0.4, -0.2) is 19.9 Å². The molecule has 0 aliphatic rings. The van der Waals surface area contributed by atoms with Crippen LogP contribution in [0.15, 0.2) is 85.2 Å². The number of nitrogens with zero attached hydrogens (tertiary/aromatic N) is 3. The molecule has 0 fully saturated rings. The van der Waals surface area contributed by atoms with Gasteiger partial charge in [0.2, 0.25) is 0 Å². The minimum absolute atomic E-state index is 0.555. The molecule has 0 aliphatic carbocycles. The molecule has 6 rings (SSSR count). The van der Waals surface area contributed by atoms with Crippen LogP contribution in [-0.2, 0) is 6.18 Å². The van der Waals surface area contributed by atoms with Gasteiger partial charge in [0.25, 0.3) is 0 Å². The van der Waals surface area contributed by atoms with Crippen LogP contribution in [0, 0.1) is 6.92 Å². The first-order valence-electron chi connectivity index (χ1n) is 11.7. The van der Waals surface area contributed by atoms with E-state index in [4.69, 9.17) is 11.6 Å². The van der Waals surface area contributed by atoms with Gasteiger partial charge in [-0.15, -0.1) is 0 Å². The summed E-state index contributed by atoms with van der Waals surface area (Å²) in [5.74, 6) is 1.26. The third kappa shape index (κ3) is 4.43. The van der Waals surface area contributed by atoms with Gasteiger partial charge in [-0.3, -0.25) is 0 Å². The molecule has 0 bridgehead atoms. The maximum absolute atomic E-state index is 13.0. The van der Waals surface area contributed by atoms with Crippen LogP contribution in [0.5, 0.6) is 0 Å². The molecule has 0 atom stereocenters. The Morgan fingerprint density at radius 3 is 2.39 bits per heavy atom. The van der Waals surface area contributed by atoms with Crippen molar-refractivity contribution in [3.05, 3.63) is 101 Å². The lowest BCUT2D eigenvalue weighted by atomic mass is 9.99. The second-order valence-electron chi connectivity index (χ2n) is 8.91. The molecule has 0 radical (unpaired) electrons. The average molecular weight is 530 g/mol. The number of fused-ring (bicyclic) bond motifs is 2. The normalized spacial score (nSPS) is 11.8. The summed E-state index contributed by atoms with van der Waals surface area (Å²) in [5.41, 5.74) is 5.57. The zero-order chi connectivity index (χ0) is 26.4. The van der Waals surface area contributed by atoms with Gasteiger partial charge in [-0.25, -0.2) is 15.0 Å². The van der Waals surface area contributed by atoms with Crippen molar-refractivity contribution in [1.29, 1.82) is 0 Å². The molecule has 0 aliphatic heterocycles. The second-order valence-corrected chi connectivity index (χ2v) is 9.31. The molecule has 0 amide bonds. The summed E-state index contributed by atoms with van der Waals surface area (Å²) < 4.78 is 38.9. The van der Waals surface area contributed by atoms with Crippen molar-refractivity contribution in [2.75, 3.05) is 5.32 Å². The molecule has 2 N–H and O–H groups in total. The van der Waals surface area contributed by atoms with E-state index in [2.05, 4.69) is 25.3 Å². The fraction of sp³-hybridized carbons (Fsp3) is 0.0690. The van der Waals surface area contributed by atoms with Crippen LogP contribution in [0.1, 0.15) is 11.1 Å². The van der Waals surface area contributed by atoms with E-state index in [1.54, 1.807) is 6.07 Å². The first kappa shape index (κ1) is 23.9. The van der Waals surface area contributed by atoms with E-state index in [1.165, 1.54) is 18.5 Å². The molecule has 2 heterocycles. The van der Waals surface area contributed by atoms with Crippen molar-refractivity contribution in [3.8, 4) is 22.5 Å². The van der Waals surface area contributed by atoms with Gasteiger partial charge in [0.1, 0.15) is 18.0 Å². The Bertz CT molecular complexity index is 1780. The summed E-state index contributed by atoms with van der Waals surface area (Å²) in [6, 6.07) is 22.2. The van der Waals surface area contributed by atoms with Gasteiger partial charge in [-0.1, -0.05) is 41.9 Å². The highest BCUT2D eigenvalue weighted by Gasteiger charge is 2.30. The Hall–Kier alpha value is -4.43. The van der Waals surface area contributed by atoms with Gasteiger partial charge in [0.15, 0.2) is 0 Å². The Balaban J connectivity index is 1.36. The molecule has 6 aromatic rings. The number of benzene rings is 4. The average Bonchev–Trinajstić information content (AvgIpc) is 3.33. The van der Waals surface area contributed by atoms with E-state index < -0.39 is 11.7 Å². The van der Waals surface area contributed by atoms with Crippen LogP contribution in [0.2, 0.25) is 5.02 Å². The van der Waals surface area contributed by atoms with E-state index in [1.807, 2.05) is 55.5 Å². The lowest BCUT2D eigenvalue weighted by Gasteiger charge is -2.13. The highest BCUT2D eigenvalue weighted by atomic mass is 35.5. The molecular weight excluding hydrogens is 511 g/mol. The zero-order valence-corrected chi connectivity index (χ0v) is 20.7. The predicted octanol–water partition coefficient (Wildman–Crippen LogP) is 8.56. The van der Waals surface area contributed by atoms with E-state index in [0.29, 0.717) is 27.7 Å². The quantitative estimate of drug-likeness (QED) is 0.240. The summed E-state index contributed by atoms with van der Waals surface area (Å²) in [7, 11) is 0. The number of para-hydroxylation sites is 2. The number of aryl methyl sites for hydroxylation is 1. The van der Waals surface area contributed by atoms with Crippen LogP contribution in [0.25, 0.3) is 44.5 Å². The van der Waals surface area contributed by atoms with Crippen molar-refractivity contribution >= 4 is 45.0 Å². The molecule has 0 spiro atoms. The highest BCUT2D eigenvalue weighted by Crippen LogP contribution is 2.35. The smallest absolute Gasteiger partial charge is 0.340 e. The van der Waals surface area contributed by atoms with Crippen LogP contribution in [0.4, 0.5) is 24.7 Å². The summed E-state index contributed by atoms with van der Waals surface area (Å²) in [5, 5.41) is 4.73. The van der Waals surface area contributed by atoms with Crippen molar-refractivity contribution < 1.29 is 13.2 Å². The van der Waals surface area contributed by atoms with Gasteiger partial charge in [-0.05, 0) is 72.1 Å². The van der Waals surface area contributed by atoms with E-state index in [-0.39, 0.29) is 0 Å². The molecule has 0 unspecified atom stereocenters. The molecular formula is C29H19ClF3N5. The summed E-state index contributed by atoms with van der Waals surface area (Å²) in [6.07, 6.45) is -2.92. The summed E-state index contributed by atoms with van der Waals surface area (Å²) in [4.78, 5) is 16.8. The predicted molar refractivity (Wildman–Crippen MR) is 145 cm³/mol. The van der Waals surface area contributed by atoms with Gasteiger partial charge in [-0.2, -0.15) is 13.2 Å². The summed E-state index contributed by atoms with van der Waals surface area (Å²) in [6.45, 7) is 1.92. The second kappa shape index (κ2) is 9.15. The number of H-pyrrole nitrogens is 1. The van der Waals surface area contributed by atoms with Crippen LogP contribution in [0.3, 0.4) is 0 Å². The molecule has 188 valence electrons. The van der Waals surface area contributed by atoms with Gasteiger partial charge in [0.05, 0.1) is 27.1 Å². The summed E-state index contributed by atoms with van der Waals surface area (Å²) >= 11 is 6.52. The van der Waals surface area contributed by atoms with Crippen molar-refractivity contribution in [1.82, 2.24) is 19.9 Å². The number of hydrogen-bond acceptors (Lipinski definition) is 4. The largest absolute Gasteiger partial charge is 0.416 e. The Morgan fingerprint density at radius 1 is 0.842 bits per heavy atom.